The summed E-state index contributed by atoms with van der Waals surface area (Å²) in [5.74, 6) is 0.140. The fraction of sp³-hybridized carbons (Fsp3) is 0.917. The van der Waals surface area contributed by atoms with E-state index in [0.717, 1.165) is 19.3 Å². The number of rotatable bonds is 6. The smallest absolute Gasteiger partial charge is 0.220 e. The number of ether oxygens (including phenoxy) is 1. The summed E-state index contributed by atoms with van der Waals surface area (Å²) in [6.07, 6.45) is 3.57. The number of amides is 1. The molecule has 4 heteroatoms. The second-order valence-corrected chi connectivity index (χ2v) is 5.15. The van der Waals surface area contributed by atoms with Gasteiger partial charge in [-0.15, -0.1) is 0 Å². The predicted molar refractivity (Wildman–Crippen MR) is 64.0 cm³/mol. The maximum Gasteiger partial charge on any atom is 0.220 e. The summed E-state index contributed by atoms with van der Waals surface area (Å²) in [7, 11) is 1.73. The molecule has 0 heterocycles. The van der Waals surface area contributed by atoms with Crippen molar-refractivity contribution in [2.45, 2.75) is 51.7 Å². The van der Waals surface area contributed by atoms with Gasteiger partial charge in [-0.3, -0.25) is 4.79 Å². The Morgan fingerprint density at radius 3 is 2.69 bits per heavy atom. The molecule has 0 aromatic carbocycles. The zero-order valence-corrected chi connectivity index (χ0v) is 10.6. The van der Waals surface area contributed by atoms with Crippen molar-refractivity contribution in [3.05, 3.63) is 0 Å². The van der Waals surface area contributed by atoms with Crippen LogP contribution in [0.4, 0.5) is 0 Å². The van der Waals surface area contributed by atoms with Gasteiger partial charge in [0.1, 0.15) is 0 Å². The average molecular weight is 228 g/mol. The topological polar surface area (TPSA) is 64.3 Å². The van der Waals surface area contributed by atoms with Crippen LogP contribution >= 0.6 is 0 Å². The number of unbranched alkanes of at least 4 members (excludes halogenated alkanes) is 1. The van der Waals surface area contributed by atoms with Gasteiger partial charge in [-0.2, -0.15) is 0 Å². The van der Waals surface area contributed by atoms with Crippen molar-refractivity contribution in [1.29, 1.82) is 0 Å². The number of hydrogen-bond donors (Lipinski definition) is 2. The van der Waals surface area contributed by atoms with Crippen LogP contribution in [0.25, 0.3) is 0 Å². The van der Waals surface area contributed by atoms with Gasteiger partial charge in [0.05, 0.1) is 6.10 Å². The summed E-state index contributed by atoms with van der Waals surface area (Å²) in [5.41, 5.74) is 5.44. The molecule has 0 bridgehead atoms. The van der Waals surface area contributed by atoms with E-state index in [1.54, 1.807) is 7.11 Å². The maximum atomic E-state index is 11.6. The van der Waals surface area contributed by atoms with Crippen molar-refractivity contribution in [3.8, 4) is 0 Å². The van der Waals surface area contributed by atoms with Gasteiger partial charge in [-0.1, -0.05) is 13.8 Å². The van der Waals surface area contributed by atoms with Gasteiger partial charge in [-0.05, 0) is 25.8 Å². The van der Waals surface area contributed by atoms with Crippen LogP contribution < -0.4 is 11.1 Å². The molecule has 0 aliphatic heterocycles. The highest BCUT2D eigenvalue weighted by atomic mass is 16.5. The highest BCUT2D eigenvalue weighted by Gasteiger charge is 2.49. The third-order valence-corrected chi connectivity index (χ3v) is 3.66. The Labute approximate surface area is 97.9 Å². The van der Waals surface area contributed by atoms with E-state index in [1.807, 2.05) is 0 Å². The van der Waals surface area contributed by atoms with Gasteiger partial charge < -0.3 is 15.8 Å². The fourth-order valence-electron chi connectivity index (χ4n) is 2.23. The molecule has 1 fully saturated rings. The highest BCUT2D eigenvalue weighted by Crippen LogP contribution is 2.42. The minimum Gasteiger partial charge on any atom is -0.381 e. The zero-order valence-electron chi connectivity index (χ0n) is 10.6. The summed E-state index contributed by atoms with van der Waals surface area (Å²) < 4.78 is 5.34. The van der Waals surface area contributed by atoms with E-state index in [2.05, 4.69) is 19.2 Å². The number of nitrogens with two attached hydrogens (primary N) is 1. The van der Waals surface area contributed by atoms with Crippen LogP contribution in [0.2, 0.25) is 0 Å². The Morgan fingerprint density at radius 1 is 1.50 bits per heavy atom. The lowest BCUT2D eigenvalue weighted by Crippen LogP contribution is -2.61. The lowest BCUT2D eigenvalue weighted by molar-refractivity contribution is -0.132. The molecule has 16 heavy (non-hydrogen) atoms. The van der Waals surface area contributed by atoms with Crippen LogP contribution in [0.1, 0.15) is 39.5 Å². The lowest BCUT2D eigenvalue weighted by Gasteiger charge is -2.51. The summed E-state index contributed by atoms with van der Waals surface area (Å²) >= 11 is 0. The predicted octanol–water partition coefficient (Wildman–Crippen LogP) is 1.05. The first-order valence-electron chi connectivity index (χ1n) is 6.04. The quantitative estimate of drug-likeness (QED) is 0.668. The molecule has 0 radical (unpaired) electrons. The van der Waals surface area contributed by atoms with Crippen LogP contribution in [0.15, 0.2) is 0 Å². The van der Waals surface area contributed by atoms with Crippen molar-refractivity contribution in [2.24, 2.45) is 11.1 Å². The number of nitrogens with one attached hydrogen (secondary N) is 1. The molecular weight excluding hydrogens is 204 g/mol. The van der Waals surface area contributed by atoms with E-state index in [4.69, 9.17) is 10.5 Å². The normalized spacial score (nSPS) is 27.2. The third-order valence-electron chi connectivity index (χ3n) is 3.66. The number of carbonyl (C=O) groups is 1. The van der Waals surface area contributed by atoms with Crippen molar-refractivity contribution < 1.29 is 9.53 Å². The Bertz CT molecular complexity index is 241. The molecule has 1 aliphatic carbocycles. The van der Waals surface area contributed by atoms with Gasteiger partial charge >= 0.3 is 0 Å². The number of carbonyl (C=O) groups excluding carboxylic acids is 1. The van der Waals surface area contributed by atoms with E-state index in [0.29, 0.717) is 13.0 Å². The Kier molecular flexibility index (Phi) is 4.74. The fourth-order valence-corrected chi connectivity index (χ4v) is 2.23. The molecule has 1 rings (SSSR count). The van der Waals surface area contributed by atoms with E-state index < -0.39 is 0 Å². The molecule has 3 N–H and O–H groups in total. The van der Waals surface area contributed by atoms with Crippen LogP contribution in [-0.4, -0.2) is 31.7 Å². The molecule has 1 amide bonds. The third kappa shape index (κ3) is 2.95. The second-order valence-electron chi connectivity index (χ2n) is 5.15. The van der Waals surface area contributed by atoms with Gasteiger partial charge in [0.25, 0.3) is 0 Å². The minimum absolute atomic E-state index is 0.0538. The van der Waals surface area contributed by atoms with Crippen molar-refractivity contribution in [1.82, 2.24) is 5.32 Å². The molecule has 94 valence electrons. The Hall–Kier alpha value is -0.610. The highest BCUT2D eigenvalue weighted by molar-refractivity contribution is 5.76. The zero-order chi connectivity index (χ0) is 12.2. The molecule has 0 aromatic rings. The van der Waals surface area contributed by atoms with Crippen LogP contribution in [0, 0.1) is 5.41 Å². The average Bonchev–Trinajstić information content (AvgIpc) is 2.24. The first-order valence-corrected chi connectivity index (χ1v) is 6.04. The maximum absolute atomic E-state index is 11.6. The summed E-state index contributed by atoms with van der Waals surface area (Å²) in [6.45, 7) is 4.93. The second kappa shape index (κ2) is 5.64. The molecule has 0 aromatic heterocycles. The first kappa shape index (κ1) is 13.5. The molecule has 1 saturated carbocycles. The summed E-state index contributed by atoms with van der Waals surface area (Å²) in [6, 6.07) is 0.253. The SMILES string of the molecule is COC1CC(NC(=O)CCCCN)C1(C)C. The summed E-state index contributed by atoms with van der Waals surface area (Å²) in [5, 5.41) is 3.07. The molecular formula is C12H24N2O2. The number of methoxy groups -OCH3 is 1. The minimum atomic E-state index is 0.0538. The van der Waals surface area contributed by atoms with Crippen LogP contribution in [0.5, 0.6) is 0 Å². The molecule has 4 nitrogen and oxygen atoms in total. The van der Waals surface area contributed by atoms with E-state index in [9.17, 15) is 4.79 Å². The first-order chi connectivity index (χ1) is 7.52. The largest absolute Gasteiger partial charge is 0.381 e. The van der Waals surface area contributed by atoms with Gasteiger partial charge in [0.2, 0.25) is 5.91 Å². The Morgan fingerprint density at radius 2 is 2.19 bits per heavy atom. The monoisotopic (exact) mass is 228 g/mol. The standard InChI is InChI=1S/C12H24N2O2/c1-12(2)9(8-10(12)16-3)14-11(15)6-4-5-7-13/h9-10H,4-8,13H2,1-3H3,(H,14,15). The van der Waals surface area contributed by atoms with E-state index >= 15 is 0 Å². The van der Waals surface area contributed by atoms with Crippen molar-refractivity contribution in [3.63, 3.8) is 0 Å². The number of hydrogen-bond acceptors (Lipinski definition) is 3. The van der Waals surface area contributed by atoms with E-state index in [-0.39, 0.29) is 23.5 Å². The molecule has 1 aliphatic rings. The lowest BCUT2D eigenvalue weighted by atomic mass is 9.64. The molecule has 2 unspecified atom stereocenters. The van der Waals surface area contributed by atoms with Gasteiger partial charge in [0.15, 0.2) is 0 Å². The summed E-state index contributed by atoms with van der Waals surface area (Å²) in [4.78, 5) is 11.6. The molecule has 0 saturated heterocycles. The van der Waals surface area contributed by atoms with Crippen molar-refractivity contribution in [2.75, 3.05) is 13.7 Å². The van der Waals surface area contributed by atoms with E-state index in [1.165, 1.54) is 0 Å². The molecule has 0 spiro atoms. The van der Waals surface area contributed by atoms with Gasteiger partial charge in [-0.25, -0.2) is 0 Å². The van der Waals surface area contributed by atoms with Crippen LogP contribution in [0.3, 0.4) is 0 Å². The molecule has 2 atom stereocenters. The van der Waals surface area contributed by atoms with Crippen molar-refractivity contribution >= 4 is 5.91 Å². The van der Waals surface area contributed by atoms with Crippen LogP contribution in [-0.2, 0) is 9.53 Å². The van der Waals surface area contributed by atoms with Gasteiger partial charge in [0, 0.05) is 25.0 Å². The Balaban J connectivity index is 2.26.